The van der Waals surface area contributed by atoms with Crippen LogP contribution in [0.15, 0.2) is 6.20 Å². The summed E-state index contributed by atoms with van der Waals surface area (Å²) in [4.78, 5) is 7.33. The van der Waals surface area contributed by atoms with Gasteiger partial charge in [0.25, 0.3) is 0 Å². The summed E-state index contributed by atoms with van der Waals surface area (Å²) in [5.74, 6) is 1.22. The van der Waals surface area contributed by atoms with Crippen molar-refractivity contribution in [2.24, 2.45) is 0 Å². The predicted molar refractivity (Wildman–Crippen MR) is 83.4 cm³/mol. The Labute approximate surface area is 122 Å². The Morgan fingerprint density at radius 3 is 2.70 bits per heavy atom. The van der Waals surface area contributed by atoms with Gasteiger partial charge in [0, 0.05) is 31.4 Å². The van der Waals surface area contributed by atoms with Crippen LogP contribution >= 0.6 is 0 Å². The van der Waals surface area contributed by atoms with Crippen LogP contribution in [0, 0.1) is 6.92 Å². The van der Waals surface area contributed by atoms with Gasteiger partial charge in [0.05, 0.1) is 5.69 Å². The zero-order chi connectivity index (χ0) is 13.9. The molecule has 0 radical (unpaired) electrons. The summed E-state index contributed by atoms with van der Waals surface area (Å²) < 4.78 is 2.48. The molecule has 3 rings (SSSR count). The molecule has 0 amide bonds. The molecule has 1 saturated heterocycles. The van der Waals surface area contributed by atoms with Crippen molar-refractivity contribution in [2.75, 3.05) is 25.0 Å². The molecule has 1 atom stereocenters. The van der Waals surface area contributed by atoms with Crippen LogP contribution in [0.4, 0.5) is 5.95 Å². The fraction of sp³-hybridized carbons (Fsp3) is 0.812. The number of nitrogens with one attached hydrogen (secondary N) is 1. The number of imidazole rings is 1. The average Bonchev–Trinajstić information content (AvgIpc) is 2.90. The second-order valence-corrected chi connectivity index (χ2v) is 6.46. The van der Waals surface area contributed by atoms with Crippen molar-refractivity contribution in [1.29, 1.82) is 0 Å². The minimum Gasteiger partial charge on any atom is -0.341 e. The first-order valence-electron chi connectivity index (χ1n) is 8.25. The molecule has 2 aliphatic rings. The fourth-order valence-electron chi connectivity index (χ4n) is 3.76. The first kappa shape index (κ1) is 13.9. The Morgan fingerprint density at radius 2 is 1.95 bits per heavy atom. The Hall–Kier alpha value is -1.03. The van der Waals surface area contributed by atoms with Crippen LogP contribution in [0.3, 0.4) is 0 Å². The lowest BCUT2D eigenvalue weighted by Gasteiger charge is -2.35. The summed E-state index contributed by atoms with van der Waals surface area (Å²) in [6.45, 7) is 4.38. The lowest BCUT2D eigenvalue weighted by atomic mass is 9.95. The van der Waals surface area contributed by atoms with E-state index >= 15 is 0 Å². The average molecular weight is 276 g/mol. The van der Waals surface area contributed by atoms with Crippen LogP contribution in [0.5, 0.6) is 0 Å². The molecule has 112 valence electrons. The standard InChI is InChI=1S/C16H28N4/c1-13-11-20(15-8-4-3-5-9-15)16(18-13)19-10-6-7-14(12-19)17-2/h11,14-15,17H,3-10,12H2,1-2H3. The highest BCUT2D eigenvalue weighted by Crippen LogP contribution is 2.32. The molecular formula is C16H28N4. The largest absolute Gasteiger partial charge is 0.341 e. The maximum absolute atomic E-state index is 4.84. The van der Waals surface area contributed by atoms with Crippen molar-refractivity contribution in [2.45, 2.75) is 64.0 Å². The van der Waals surface area contributed by atoms with E-state index in [1.165, 1.54) is 50.9 Å². The summed E-state index contributed by atoms with van der Waals surface area (Å²) in [5.41, 5.74) is 1.16. The molecule has 2 fully saturated rings. The van der Waals surface area contributed by atoms with E-state index < -0.39 is 0 Å². The van der Waals surface area contributed by atoms with Gasteiger partial charge >= 0.3 is 0 Å². The van der Waals surface area contributed by atoms with Gasteiger partial charge in [0.15, 0.2) is 0 Å². The molecule has 20 heavy (non-hydrogen) atoms. The maximum Gasteiger partial charge on any atom is 0.206 e. The third-order valence-corrected chi connectivity index (χ3v) is 4.91. The Balaban J connectivity index is 1.81. The molecule has 1 saturated carbocycles. The molecule has 0 bridgehead atoms. The van der Waals surface area contributed by atoms with Crippen molar-refractivity contribution in [1.82, 2.24) is 14.9 Å². The highest BCUT2D eigenvalue weighted by atomic mass is 15.3. The van der Waals surface area contributed by atoms with E-state index in [9.17, 15) is 0 Å². The number of anilines is 1. The van der Waals surface area contributed by atoms with Crippen LogP contribution in [-0.2, 0) is 0 Å². The normalized spacial score (nSPS) is 25.1. The van der Waals surface area contributed by atoms with Gasteiger partial charge in [-0.3, -0.25) is 0 Å². The number of likely N-dealkylation sites (N-methyl/N-ethyl adjacent to an activating group) is 1. The number of hydrogen-bond acceptors (Lipinski definition) is 3. The van der Waals surface area contributed by atoms with Gasteiger partial charge in [-0.25, -0.2) is 4.98 Å². The van der Waals surface area contributed by atoms with Crippen molar-refractivity contribution in [3.8, 4) is 0 Å². The summed E-state index contributed by atoms with van der Waals surface area (Å²) in [6.07, 6.45) is 11.6. The number of nitrogens with zero attached hydrogens (tertiary/aromatic N) is 3. The van der Waals surface area contributed by atoms with E-state index in [-0.39, 0.29) is 0 Å². The van der Waals surface area contributed by atoms with Gasteiger partial charge in [0.1, 0.15) is 0 Å². The monoisotopic (exact) mass is 276 g/mol. The highest BCUT2D eigenvalue weighted by Gasteiger charge is 2.25. The molecule has 1 aromatic rings. The quantitative estimate of drug-likeness (QED) is 0.921. The van der Waals surface area contributed by atoms with Crippen LogP contribution < -0.4 is 10.2 Å². The van der Waals surface area contributed by atoms with E-state index in [1.54, 1.807) is 0 Å². The lowest BCUT2D eigenvalue weighted by molar-refractivity contribution is 0.349. The minimum atomic E-state index is 0.612. The van der Waals surface area contributed by atoms with Crippen LogP contribution in [0.1, 0.15) is 56.7 Å². The summed E-state index contributed by atoms with van der Waals surface area (Å²) in [5, 5.41) is 3.43. The molecule has 1 aliphatic heterocycles. The molecule has 2 heterocycles. The Kier molecular flexibility index (Phi) is 4.29. The lowest BCUT2D eigenvalue weighted by Crippen LogP contribution is -2.45. The van der Waals surface area contributed by atoms with E-state index in [2.05, 4.69) is 35.0 Å². The van der Waals surface area contributed by atoms with E-state index in [4.69, 9.17) is 4.98 Å². The summed E-state index contributed by atoms with van der Waals surface area (Å²) >= 11 is 0. The topological polar surface area (TPSA) is 33.1 Å². The summed E-state index contributed by atoms with van der Waals surface area (Å²) in [7, 11) is 2.08. The van der Waals surface area contributed by atoms with Gasteiger partial charge in [-0.1, -0.05) is 19.3 Å². The molecule has 1 unspecified atom stereocenters. The SMILES string of the molecule is CNC1CCCN(c2nc(C)cn2C2CCCCC2)C1. The minimum absolute atomic E-state index is 0.612. The number of aryl methyl sites for hydroxylation is 1. The molecule has 0 spiro atoms. The second kappa shape index (κ2) is 6.17. The predicted octanol–water partition coefficient (Wildman–Crippen LogP) is 2.88. The highest BCUT2D eigenvalue weighted by molar-refractivity contribution is 5.35. The van der Waals surface area contributed by atoms with Crippen molar-refractivity contribution < 1.29 is 0 Å². The van der Waals surface area contributed by atoms with Crippen LogP contribution in [0.25, 0.3) is 0 Å². The Morgan fingerprint density at radius 1 is 1.15 bits per heavy atom. The van der Waals surface area contributed by atoms with Gasteiger partial charge in [-0.05, 0) is 39.7 Å². The van der Waals surface area contributed by atoms with E-state index in [1.807, 2.05) is 0 Å². The van der Waals surface area contributed by atoms with Crippen molar-refractivity contribution in [3.63, 3.8) is 0 Å². The zero-order valence-corrected chi connectivity index (χ0v) is 12.9. The molecule has 4 heteroatoms. The smallest absolute Gasteiger partial charge is 0.206 e. The molecule has 0 aromatic carbocycles. The first-order valence-corrected chi connectivity index (χ1v) is 8.25. The molecule has 1 N–H and O–H groups in total. The van der Waals surface area contributed by atoms with E-state index in [0.717, 1.165) is 18.8 Å². The van der Waals surface area contributed by atoms with Gasteiger partial charge in [-0.15, -0.1) is 0 Å². The number of rotatable bonds is 3. The third-order valence-electron chi connectivity index (χ3n) is 4.91. The van der Waals surface area contributed by atoms with Gasteiger partial charge in [0.2, 0.25) is 5.95 Å². The fourth-order valence-corrected chi connectivity index (χ4v) is 3.76. The molecule has 1 aliphatic carbocycles. The number of aromatic nitrogens is 2. The summed E-state index contributed by atoms with van der Waals surface area (Å²) in [6, 6.07) is 1.29. The van der Waals surface area contributed by atoms with Crippen LogP contribution in [-0.4, -0.2) is 35.7 Å². The first-order chi connectivity index (χ1) is 9.78. The molecular weight excluding hydrogens is 248 g/mol. The van der Waals surface area contributed by atoms with Gasteiger partial charge in [-0.2, -0.15) is 0 Å². The second-order valence-electron chi connectivity index (χ2n) is 6.46. The van der Waals surface area contributed by atoms with E-state index in [0.29, 0.717) is 12.1 Å². The Bertz CT molecular complexity index is 434. The number of piperidine rings is 1. The molecule has 4 nitrogen and oxygen atoms in total. The number of hydrogen-bond donors (Lipinski definition) is 1. The van der Waals surface area contributed by atoms with Gasteiger partial charge < -0.3 is 14.8 Å². The maximum atomic E-state index is 4.84. The molecule has 1 aromatic heterocycles. The zero-order valence-electron chi connectivity index (χ0n) is 12.9. The van der Waals surface area contributed by atoms with Crippen molar-refractivity contribution in [3.05, 3.63) is 11.9 Å². The van der Waals surface area contributed by atoms with Crippen LogP contribution in [0.2, 0.25) is 0 Å². The van der Waals surface area contributed by atoms with Crippen molar-refractivity contribution >= 4 is 5.95 Å². The third kappa shape index (κ3) is 2.85.